The highest BCUT2D eigenvalue weighted by atomic mass is 32.2. The Morgan fingerprint density at radius 2 is 1.84 bits per heavy atom. The lowest BCUT2D eigenvalue weighted by Crippen LogP contribution is -2.26. The molecule has 0 saturated heterocycles. The highest BCUT2D eigenvalue weighted by Crippen LogP contribution is 2.36. The number of likely N-dealkylation sites (N-methyl/N-ethyl adjacent to an activating group) is 1. The van der Waals surface area contributed by atoms with Crippen LogP contribution in [0.25, 0.3) is 11.5 Å². The predicted molar refractivity (Wildman–Crippen MR) is 98.2 cm³/mol. The largest absolute Gasteiger partial charge is 0.411 e. The second kappa shape index (κ2) is 7.53. The zero-order valence-corrected chi connectivity index (χ0v) is 15.2. The normalized spacial score (nSPS) is 12.0. The van der Waals surface area contributed by atoms with E-state index in [4.69, 9.17) is 4.42 Å². The number of aromatic nitrogens is 2. The number of carbonyl (C=O) groups is 1. The van der Waals surface area contributed by atoms with Crippen molar-refractivity contribution in [3.8, 4) is 11.5 Å². The second-order valence-electron chi connectivity index (χ2n) is 5.88. The summed E-state index contributed by atoms with van der Waals surface area (Å²) >= 11 is 1.27. The van der Waals surface area contributed by atoms with Gasteiger partial charge in [-0.05, 0) is 36.4 Å². The van der Waals surface area contributed by atoms with Crippen LogP contribution in [0.4, 0.5) is 0 Å². The van der Waals surface area contributed by atoms with Gasteiger partial charge in [-0.25, -0.2) is 0 Å². The molecule has 128 valence electrons. The van der Waals surface area contributed by atoms with Crippen molar-refractivity contribution in [2.75, 3.05) is 14.1 Å². The molecule has 0 saturated carbocycles. The lowest BCUT2D eigenvalue weighted by Gasteiger charge is -2.18. The lowest BCUT2D eigenvalue weighted by molar-refractivity contribution is -0.128. The number of carbonyl (C=O) groups excluding carboxylic acids is 1. The van der Waals surface area contributed by atoms with Crippen molar-refractivity contribution < 1.29 is 9.21 Å². The molecule has 3 rings (SSSR count). The second-order valence-corrected chi connectivity index (χ2v) is 6.94. The summed E-state index contributed by atoms with van der Waals surface area (Å²) < 4.78 is 5.78. The smallest absolute Gasteiger partial charge is 0.277 e. The molecule has 1 heterocycles. The number of thioether (sulfide) groups is 1. The molecule has 0 N–H and O–H groups in total. The van der Waals surface area contributed by atoms with E-state index in [9.17, 15) is 4.79 Å². The molecule has 0 unspecified atom stereocenters. The van der Waals surface area contributed by atoms with Crippen LogP contribution in [0, 0.1) is 6.92 Å². The van der Waals surface area contributed by atoms with Crippen molar-refractivity contribution >= 4 is 17.7 Å². The molecule has 0 aliphatic heterocycles. The quantitative estimate of drug-likeness (QED) is 0.650. The summed E-state index contributed by atoms with van der Waals surface area (Å²) in [5.74, 6) is 0.432. The van der Waals surface area contributed by atoms with E-state index in [-0.39, 0.29) is 5.91 Å². The summed E-state index contributed by atoms with van der Waals surface area (Å²) in [5.41, 5.74) is 2.89. The number of amides is 1. The van der Waals surface area contributed by atoms with Crippen LogP contribution in [-0.2, 0) is 4.79 Å². The van der Waals surface area contributed by atoms with Crippen LogP contribution in [0.1, 0.15) is 16.4 Å². The molecule has 6 heteroatoms. The highest BCUT2D eigenvalue weighted by molar-refractivity contribution is 8.00. The van der Waals surface area contributed by atoms with Crippen LogP contribution in [0.3, 0.4) is 0 Å². The molecule has 5 nitrogen and oxygen atoms in total. The predicted octanol–water partition coefficient (Wildman–Crippen LogP) is 3.97. The van der Waals surface area contributed by atoms with Crippen molar-refractivity contribution in [3.63, 3.8) is 0 Å². The van der Waals surface area contributed by atoms with Gasteiger partial charge in [0.05, 0.1) is 0 Å². The molecular formula is C19H19N3O2S. The zero-order valence-electron chi connectivity index (χ0n) is 14.3. The first-order chi connectivity index (χ1) is 12.0. The average Bonchev–Trinajstić information content (AvgIpc) is 3.08. The monoisotopic (exact) mass is 353 g/mol. The van der Waals surface area contributed by atoms with E-state index in [0.29, 0.717) is 11.1 Å². The standard InChI is InChI=1S/C19H19N3O2S/c1-13-8-7-11-15(12-13)17-20-21-19(24-17)25-16(18(23)22(2)3)14-9-5-4-6-10-14/h4-12,16H,1-3H3/t16-/m0/s1. The minimum Gasteiger partial charge on any atom is -0.411 e. The summed E-state index contributed by atoms with van der Waals surface area (Å²) in [5, 5.41) is 8.17. The Labute approximate surface area is 151 Å². The van der Waals surface area contributed by atoms with Gasteiger partial charge in [0.15, 0.2) is 0 Å². The molecule has 0 radical (unpaired) electrons. The maximum atomic E-state index is 12.6. The van der Waals surface area contributed by atoms with Gasteiger partial charge in [0, 0.05) is 19.7 Å². The van der Waals surface area contributed by atoms with Gasteiger partial charge < -0.3 is 9.32 Å². The van der Waals surface area contributed by atoms with Gasteiger partial charge in [-0.2, -0.15) is 0 Å². The van der Waals surface area contributed by atoms with Crippen LogP contribution in [0.5, 0.6) is 0 Å². The summed E-state index contributed by atoms with van der Waals surface area (Å²) in [6.45, 7) is 2.01. The van der Waals surface area contributed by atoms with E-state index in [2.05, 4.69) is 10.2 Å². The number of rotatable bonds is 5. The van der Waals surface area contributed by atoms with Gasteiger partial charge in [0.2, 0.25) is 11.8 Å². The number of aryl methyl sites for hydroxylation is 1. The molecule has 0 bridgehead atoms. The molecule has 0 aliphatic carbocycles. The molecule has 3 aromatic rings. The molecular weight excluding hydrogens is 334 g/mol. The Morgan fingerprint density at radius 3 is 2.52 bits per heavy atom. The molecule has 0 fully saturated rings. The van der Waals surface area contributed by atoms with Crippen LogP contribution >= 0.6 is 11.8 Å². The average molecular weight is 353 g/mol. The van der Waals surface area contributed by atoms with E-state index in [1.54, 1.807) is 19.0 Å². The van der Waals surface area contributed by atoms with E-state index >= 15 is 0 Å². The Bertz CT molecular complexity index is 862. The third kappa shape index (κ3) is 4.09. The molecule has 0 aliphatic rings. The molecule has 0 spiro atoms. The highest BCUT2D eigenvalue weighted by Gasteiger charge is 2.26. The number of hydrogen-bond donors (Lipinski definition) is 0. The van der Waals surface area contributed by atoms with E-state index in [1.807, 2.05) is 61.5 Å². The van der Waals surface area contributed by atoms with E-state index in [0.717, 1.165) is 16.7 Å². The fourth-order valence-electron chi connectivity index (χ4n) is 2.38. The number of nitrogens with zero attached hydrogens (tertiary/aromatic N) is 3. The fraction of sp³-hybridized carbons (Fsp3) is 0.211. The van der Waals surface area contributed by atoms with Crippen LogP contribution < -0.4 is 0 Å². The van der Waals surface area contributed by atoms with Gasteiger partial charge in [-0.1, -0.05) is 48.0 Å². The third-order valence-corrected chi connectivity index (χ3v) is 4.73. The summed E-state index contributed by atoms with van der Waals surface area (Å²) in [6.07, 6.45) is 0. The first-order valence-corrected chi connectivity index (χ1v) is 8.76. The van der Waals surface area contributed by atoms with Gasteiger partial charge in [0.25, 0.3) is 5.22 Å². The third-order valence-electron chi connectivity index (χ3n) is 3.66. The Hall–Kier alpha value is -2.60. The van der Waals surface area contributed by atoms with Gasteiger partial charge in [0.1, 0.15) is 5.25 Å². The molecule has 1 amide bonds. The molecule has 1 aromatic heterocycles. The van der Waals surface area contributed by atoms with Crippen molar-refractivity contribution in [1.82, 2.24) is 15.1 Å². The van der Waals surface area contributed by atoms with Gasteiger partial charge >= 0.3 is 0 Å². The topological polar surface area (TPSA) is 59.2 Å². The van der Waals surface area contributed by atoms with Crippen LogP contribution in [0.15, 0.2) is 64.2 Å². The van der Waals surface area contributed by atoms with Crippen LogP contribution in [-0.4, -0.2) is 35.1 Å². The SMILES string of the molecule is Cc1cccc(-c2nnc(S[C@H](C(=O)N(C)C)c3ccccc3)o2)c1. The van der Waals surface area contributed by atoms with Crippen molar-refractivity contribution in [2.24, 2.45) is 0 Å². The maximum Gasteiger partial charge on any atom is 0.277 e. The molecule has 2 aromatic carbocycles. The van der Waals surface area contributed by atoms with Gasteiger partial charge in [-0.15, -0.1) is 10.2 Å². The first kappa shape index (κ1) is 17.2. The number of benzene rings is 2. The zero-order chi connectivity index (χ0) is 17.8. The van der Waals surface area contributed by atoms with Crippen molar-refractivity contribution in [2.45, 2.75) is 17.4 Å². The minimum atomic E-state index is -0.429. The Morgan fingerprint density at radius 1 is 1.08 bits per heavy atom. The summed E-state index contributed by atoms with van der Waals surface area (Å²) in [7, 11) is 3.48. The molecule has 1 atom stereocenters. The van der Waals surface area contributed by atoms with Gasteiger partial charge in [-0.3, -0.25) is 4.79 Å². The minimum absolute atomic E-state index is 0.0218. The fourth-order valence-corrected chi connectivity index (χ4v) is 3.40. The van der Waals surface area contributed by atoms with E-state index < -0.39 is 5.25 Å². The lowest BCUT2D eigenvalue weighted by atomic mass is 10.1. The molecule has 25 heavy (non-hydrogen) atoms. The van der Waals surface area contributed by atoms with Crippen LogP contribution in [0.2, 0.25) is 0 Å². The summed E-state index contributed by atoms with van der Waals surface area (Å²) in [6, 6.07) is 17.5. The first-order valence-electron chi connectivity index (χ1n) is 7.88. The number of hydrogen-bond acceptors (Lipinski definition) is 5. The maximum absolute atomic E-state index is 12.6. The summed E-state index contributed by atoms with van der Waals surface area (Å²) in [4.78, 5) is 14.2. The Balaban J connectivity index is 1.87. The van der Waals surface area contributed by atoms with E-state index in [1.165, 1.54) is 11.8 Å². The van der Waals surface area contributed by atoms with Crippen molar-refractivity contribution in [1.29, 1.82) is 0 Å². The Kier molecular flexibility index (Phi) is 5.19. The van der Waals surface area contributed by atoms with Crippen molar-refractivity contribution in [3.05, 3.63) is 65.7 Å².